The van der Waals surface area contributed by atoms with Crippen molar-refractivity contribution < 1.29 is 22.7 Å². The molecule has 7 nitrogen and oxygen atoms in total. The number of anilines is 2. The maximum absolute atomic E-state index is 13.2. The standard InChI is InChI=1S/C21H15Cl5N2O5S/c1-32-17-9-18(33-2)16(8-13(17)24)28-34(30,31)19-6-10(12(23)7-14(19)25)21(29)27-15-5-3-4-11(22)20(15)26/h3-9,28H,1-2H3,(H,27,29). The van der Waals surface area contributed by atoms with E-state index in [0.29, 0.717) is 0 Å². The molecule has 0 aliphatic heterocycles. The normalized spacial score (nSPS) is 11.1. The summed E-state index contributed by atoms with van der Waals surface area (Å²) >= 11 is 30.5. The van der Waals surface area contributed by atoms with Crippen LogP contribution in [0.3, 0.4) is 0 Å². The highest BCUT2D eigenvalue weighted by molar-refractivity contribution is 7.92. The molecule has 0 unspecified atom stereocenters. The van der Waals surface area contributed by atoms with E-state index < -0.39 is 20.8 Å². The first-order valence-corrected chi connectivity index (χ1v) is 12.5. The van der Waals surface area contributed by atoms with Gasteiger partial charge in [0.2, 0.25) is 0 Å². The number of benzene rings is 3. The van der Waals surface area contributed by atoms with Crippen LogP contribution in [-0.2, 0) is 10.0 Å². The summed E-state index contributed by atoms with van der Waals surface area (Å²) < 4.78 is 39.0. The predicted octanol–water partition coefficient (Wildman–Crippen LogP) is 7.02. The second kappa shape index (κ2) is 10.7. The SMILES string of the molecule is COc1cc(OC)c(NS(=O)(=O)c2cc(C(=O)Nc3cccc(Cl)c3Cl)c(Cl)cc2Cl)cc1Cl. The molecule has 180 valence electrons. The molecule has 13 heteroatoms. The first-order valence-electron chi connectivity index (χ1n) is 9.17. The molecule has 3 aromatic rings. The summed E-state index contributed by atoms with van der Waals surface area (Å²) in [4.78, 5) is 12.4. The van der Waals surface area contributed by atoms with Crippen molar-refractivity contribution in [1.29, 1.82) is 0 Å². The molecule has 1 amide bonds. The molecule has 34 heavy (non-hydrogen) atoms. The number of halogens is 5. The molecule has 0 heterocycles. The number of hydrogen-bond donors (Lipinski definition) is 2. The third-order valence-corrected chi connectivity index (χ3v) is 7.73. The minimum Gasteiger partial charge on any atom is -0.495 e. The number of methoxy groups -OCH3 is 2. The molecule has 0 bridgehead atoms. The number of rotatable bonds is 7. The molecule has 0 atom stereocenters. The largest absolute Gasteiger partial charge is 0.495 e. The highest BCUT2D eigenvalue weighted by atomic mass is 35.5. The Kier molecular flexibility index (Phi) is 8.34. The fraction of sp³-hybridized carbons (Fsp3) is 0.0952. The minimum absolute atomic E-state index is 0.0241. The highest BCUT2D eigenvalue weighted by Crippen LogP contribution is 2.38. The molecule has 0 spiro atoms. The Hall–Kier alpha value is -2.07. The molecule has 2 N–H and O–H groups in total. The Morgan fingerprint density at radius 1 is 0.794 bits per heavy atom. The van der Waals surface area contributed by atoms with Crippen molar-refractivity contribution in [3.05, 3.63) is 73.1 Å². The Labute approximate surface area is 220 Å². The van der Waals surface area contributed by atoms with E-state index in [9.17, 15) is 13.2 Å². The average Bonchev–Trinajstić information content (AvgIpc) is 2.76. The van der Waals surface area contributed by atoms with Crippen molar-refractivity contribution in [2.75, 3.05) is 24.3 Å². The van der Waals surface area contributed by atoms with Crippen LogP contribution < -0.4 is 19.5 Å². The fourth-order valence-corrected chi connectivity index (χ4v) is 5.35. The predicted molar refractivity (Wildman–Crippen MR) is 136 cm³/mol. The summed E-state index contributed by atoms with van der Waals surface area (Å²) in [6, 6.07) is 9.57. The number of carbonyl (C=O) groups excluding carboxylic acids is 1. The van der Waals surface area contributed by atoms with Crippen LogP contribution in [0.2, 0.25) is 25.1 Å². The van der Waals surface area contributed by atoms with Gasteiger partial charge in [-0.3, -0.25) is 9.52 Å². The summed E-state index contributed by atoms with van der Waals surface area (Å²) in [6.07, 6.45) is 0. The molecule has 3 aromatic carbocycles. The van der Waals surface area contributed by atoms with Crippen molar-refractivity contribution in [3.63, 3.8) is 0 Å². The Balaban J connectivity index is 2.00. The Bertz CT molecular complexity index is 1380. The van der Waals surface area contributed by atoms with Gasteiger partial charge in [-0.15, -0.1) is 0 Å². The zero-order valence-corrected chi connectivity index (χ0v) is 22.0. The van der Waals surface area contributed by atoms with Crippen molar-refractivity contribution in [2.45, 2.75) is 4.90 Å². The van der Waals surface area contributed by atoms with Gasteiger partial charge in [-0.05, 0) is 30.3 Å². The van der Waals surface area contributed by atoms with Crippen molar-refractivity contribution in [1.82, 2.24) is 0 Å². The molecule has 0 fully saturated rings. The first kappa shape index (κ1) is 26.5. The Morgan fingerprint density at radius 2 is 1.47 bits per heavy atom. The van der Waals surface area contributed by atoms with E-state index in [4.69, 9.17) is 67.5 Å². The van der Waals surface area contributed by atoms with E-state index in [1.807, 2.05) is 0 Å². The lowest BCUT2D eigenvalue weighted by Crippen LogP contribution is -2.17. The summed E-state index contributed by atoms with van der Waals surface area (Å²) in [6.45, 7) is 0. The lowest BCUT2D eigenvalue weighted by atomic mass is 10.2. The van der Waals surface area contributed by atoms with Gasteiger partial charge in [0.05, 0.1) is 56.3 Å². The van der Waals surface area contributed by atoms with Gasteiger partial charge in [0.25, 0.3) is 15.9 Å². The summed E-state index contributed by atoms with van der Waals surface area (Å²) in [5, 5.41) is 2.73. The van der Waals surface area contributed by atoms with E-state index >= 15 is 0 Å². The third kappa shape index (κ3) is 5.59. The first-order chi connectivity index (χ1) is 16.0. The number of sulfonamides is 1. The lowest BCUT2D eigenvalue weighted by molar-refractivity contribution is 0.102. The van der Waals surface area contributed by atoms with Crippen molar-refractivity contribution in [2.24, 2.45) is 0 Å². The zero-order chi connectivity index (χ0) is 25.2. The summed E-state index contributed by atoms with van der Waals surface area (Å²) in [5.41, 5.74) is 0.0727. The van der Waals surface area contributed by atoms with E-state index in [1.54, 1.807) is 12.1 Å². The van der Waals surface area contributed by atoms with E-state index in [1.165, 1.54) is 32.4 Å². The minimum atomic E-state index is -4.32. The number of nitrogens with one attached hydrogen (secondary N) is 2. The summed E-state index contributed by atoms with van der Waals surface area (Å²) in [5.74, 6) is -0.305. The van der Waals surface area contributed by atoms with Gasteiger partial charge < -0.3 is 14.8 Å². The zero-order valence-electron chi connectivity index (χ0n) is 17.4. The molecule has 3 rings (SSSR count). The second-order valence-electron chi connectivity index (χ2n) is 6.61. The van der Waals surface area contributed by atoms with Crippen LogP contribution in [0.5, 0.6) is 11.5 Å². The average molecular weight is 585 g/mol. The molecule has 0 saturated heterocycles. The molecule has 0 radical (unpaired) electrons. The van der Waals surface area contributed by atoms with Gasteiger partial charge in [0, 0.05) is 6.07 Å². The second-order valence-corrected chi connectivity index (χ2v) is 10.3. The Morgan fingerprint density at radius 3 is 2.12 bits per heavy atom. The van der Waals surface area contributed by atoms with Crippen LogP contribution in [0.1, 0.15) is 10.4 Å². The molecular formula is C21H15Cl5N2O5S. The number of carbonyl (C=O) groups is 1. The van der Waals surface area contributed by atoms with Crippen LogP contribution >= 0.6 is 58.0 Å². The monoisotopic (exact) mass is 582 g/mol. The topological polar surface area (TPSA) is 93.7 Å². The van der Waals surface area contributed by atoms with Gasteiger partial charge in [-0.25, -0.2) is 8.42 Å². The van der Waals surface area contributed by atoms with Gasteiger partial charge >= 0.3 is 0 Å². The maximum Gasteiger partial charge on any atom is 0.263 e. The van der Waals surface area contributed by atoms with Gasteiger partial charge in [-0.1, -0.05) is 64.1 Å². The van der Waals surface area contributed by atoms with Crippen LogP contribution in [0.4, 0.5) is 11.4 Å². The molecule has 0 saturated carbocycles. The number of ether oxygens (including phenoxy) is 2. The van der Waals surface area contributed by atoms with Gasteiger partial charge in [0.15, 0.2) is 0 Å². The van der Waals surface area contributed by atoms with E-state index in [-0.39, 0.29) is 53.6 Å². The molecule has 0 aromatic heterocycles. The van der Waals surface area contributed by atoms with Gasteiger partial charge in [-0.2, -0.15) is 0 Å². The molecule has 0 aliphatic carbocycles. The maximum atomic E-state index is 13.2. The molecular weight excluding hydrogens is 570 g/mol. The number of amides is 1. The van der Waals surface area contributed by atoms with Gasteiger partial charge in [0.1, 0.15) is 16.4 Å². The third-order valence-electron chi connectivity index (χ3n) is 4.47. The highest BCUT2D eigenvalue weighted by Gasteiger charge is 2.25. The van der Waals surface area contributed by atoms with Crippen LogP contribution in [0.15, 0.2) is 47.4 Å². The van der Waals surface area contributed by atoms with Crippen LogP contribution in [0, 0.1) is 0 Å². The summed E-state index contributed by atoms with van der Waals surface area (Å²) in [7, 11) is -1.57. The lowest BCUT2D eigenvalue weighted by Gasteiger charge is -2.16. The quantitative estimate of drug-likeness (QED) is 0.311. The number of hydrogen-bond acceptors (Lipinski definition) is 5. The fourth-order valence-electron chi connectivity index (χ4n) is 2.84. The molecule has 0 aliphatic rings. The van der Waals surface area contributed by atoms with E-state index in [2.05, 4.69) is 10.0 Å². The smallest absolute Gasteiger partial charge is 0.263 e. The van der Waals surface area contributed by atoms with Crippen molar-refractivity contribution in [3.8, 4) is 11.5 Å². The van der Waals surface area contributed by atoms with Crippen LogP contribution in [0.25, 0.3) is 0 Å². The van der Waals surface area contributed by atoms with Crippen LogP contribution in [-0.4, -0.2) is 28.5 Å². The van der Waals surface area contributed by atoms with E-state index in [0.717, 1.165) is 12.1 Å². The van der Waals surface area contributed by atoms with Crippen molar-refractivity contribution >= 4 is 85.3 Å².